The van der Waals surface area contributed by atoms with Gasteiger partial charge in [-0.05, 0) is 18.1 Å². The molecule has 0 saturated heterocycles. The van der Waals surface area contributed by atoms with Gasteiger partial charge in [0.2, 0.25) is 0 Å². The van der Waals surface area contributed by atoms with Crippen LogP contribution < -0.4 is 9.47 Å². The minimum Gasteiger partial charge on any atom is -0.493 e. The van der Waals surface area contributed by atoms with Gasteiger partial charge in [0.1, 0.15) is 6.10 Å². The molecule has 1 spiro atoms. The average Bonchev–Trinajstić information content (AvgIpc) is 2.79. The Kier molecular flexibility index (Phi) is 3.37. The fourth-order valence-electron chi connectivity index (χ4n) is 4.26. The highest BCUT2D eigenvalue weighted by atomic mass is 16.5. The van der Waals surface area contributed by atoms with Crippen LogP contribution in [0.2, 0.25) is 0 Å². The number of rotatable bonds is 2. The van der Waals surface area contributed by atoms with Crippen molar-refractivity contribution < 1.29 is 14.6 Å². The second kappa shape index (κ2) is 5.30. The minimum absolute atomic E-state index is 0.0432. The monoisotopic (exact) mass is 311 g/mol. The van der Waals surface area contributed by atoms with Crippen molar-refractivity contribution in [3.63, 3.8) is 0 Å². The van der Waals surface area contributed by atoms with E-state index in [2.05, 4.69) is 23.0 Å². The molecule has 4 nitrogen and oxygen atoms in total. The van der Waals surface area contributed by atoms with Gasteiger partial charge in [-0.25, -0.2) is 0 Å². The van der Waals surface area contributed by atoms with E-state index in [1.165, 1.54) is 11.1 Å². The number of hydrogen-bond donors (Lipinski definition) is 1. The summed E-state index contributed by atoms with van der Waals surface area (Å²) in [5, 5.41) is 10.0. The summed E-state index contributed by atoms with van der Waals surface area (Å²) in [6.07, 6.45) is 10.6. The van der Waals surface area contributed by atoms with Gasteiger partial charge in [-0.1, -0.05) is 24.1 Å². The molecule has 1 unspecified atom stereocenters. The summed E-state index contributed by atoms with van der Waals surface area (Å²) in [6, 6.07) is 4.09. The smallest absolute Gasteiger partial charge is 0.166 e. The SMILES string of the molecule is C#CCN1CCC23C=C[C@@H](O)C[C@@H]2Oc2c(OC)ccc(c23)C1. The van der Waals surface area contributed by atoms with Gasteiger partial charge in [0.15, 0.2) is 11.5 Å². The molecule has 0 saturated carbocycles. The lowest BCUT2D eigenvalue weighted by molar-refractivity contribution is 0.0816. The van der Waals surface area contributed by atoms with E-state index in [4.69, 9.17) is 15.9 Å². The van der Waals surface area contributed by atoms with Gasteiger partial charge in [-0.3, -0.25) is 4.90 Å². The van der Waals surface area contributed by atoms with Gasteiger partial charge in [0.05, 0.1) is 25.2 Å². The van der Waals surface area contributed by atoms with Crippen LogP contribution in [0.4, 0.5) is 0 Å². The Balaban J connectivity index is 1.89. The summed E-state index contributed by atoms with van der Waals surface area (Å²) in [4.78, 5) is 2.30. The van der Waals surface area contributed by atoms with Crippen LogP contribution in [-0.2, 0) is 12.0 Å². The summed E-state index contributed by atoms with van der Waals surface area (Å²) in [5.74, 6) is 4.37. The topological polar surface area (TPSA) is 41.9 Å². The summed E-state index contributed by atoms with van der Waals surface area (Å²) < 4.78 is 11.8. The summed E-state index contributed by atoms with van der Waals surface area (Å²) >= 11 is 0. The largest absolute Gasteiger partial charge is 0.493 e. The van der Waals surface area contributed by atoms with E-state index in [1.54, 1.807) is 7.11 Å². The van der Waals surface area contributed by atoms with Crippen LogP contribution in [0.5, 0.6) is 11.5 Å². The molecular formula is C19H21NO3. The highest BCUT2D eigenvalue weighted by Crippen LogP contribution is 2.55. The standard InChI is InChI=1S/C19H21NO3/c1-3-9-20-10-8-19-7-6-14(21)11-16(19)23-18-15(22-2)5-4-13(12-20)17(18)19/h1,4-7,14,16,21H,8-12H2,2H3/t14-,16+,19?/m1/s1. The number of aliphatic hydroxyl groups is 1. The molecule has 4 heteroatoms. The molecule has 0 fully saturated rings. The van der Waals surface area contributed by atoms with E-state index >= 15 is 0 Å². The molecule has 2 aliphatic heterocycles. The van der Waals surface area contributed by atoms with Gasteiger partial charge in [-0.15, -0.1) is 6.42 Å². The fraction of sp³-hybridized carbons (Fsp3) is 0.474. The molecule has 0 bridgehead atoms. The van der Waals surface area contributed by atoms with Crippen LogP contribution in [0.25, 0.3) is 0 Å². The first-order chi connectivity index (χ1) is 11.2. The molecule has 0 amide bonds. The van der Waals surface area contributed by atoms with Crippen molar-refractivity contribution in [1.82, 2.24) is 4.90 Å². The summed E-state index contributed by atoms with van der Waals surface area (Å²) in [6.45, 7) is 2.39. The Bertz CT molecular complexity index is 705. The van der Waals surface area contributed by atoms with Crippen molar-refractivity contribution in [2.45, 2.75) is 37.0 Å². The van der Waals surface area contributed by atoms with Crippen LogP contribution in [0.15, 0.2) is 24.3 Å². The number of aliphatic hydroxyl groups excluding tert-OH is 1. The predicted octanol–water partition coefficient (Wildman–Crippen LogP) is 1.85. The van der Waals surface area contributed by atoms with Crippen LogP contribution >= 0.6 is 0 Å². The second-order valence-corrected chi connectivity index (χ2v) is 6.60. The second-order valence-electron chi connectivity index (χ2n) is 6.60. The van der Waals surface area contributed by atoms with Gasteiger partial charge in [0, 0.05) is 25.1 Å². The molecule has 2 heterocycles. The van der Waals surface area contributed by atoms with Gasteiger partial charge in [-0.2, -0.15) is 0 Å². The third-order valence-corrected chi connectivity index (χ3v) is 5.35. The first kappa shape index (κ1) is 14.6. The van der Waals surface area contributed by atoms with E-state index in [0.29, 0.717) is 13.0 Å². The van der Waals surface area contributed by atoms with Crippen molar-refractivity contribution in [2.24, 2.45) is 0 Å². The minimum atomic E-state index is -0.445. The maximum atomic E-state index is 10.0. The lowest BCUT2D eigenvalue weighted by Gasteiger charge is -2.35. The molecule has 0 radical (unpaired) electrons. The van der Waals surface area contributed by atoms with Crippen molar-refractivity contribution in [1.29, 1.82) is 0 Å². The Morgan fingerprint density at radius 1 is 1.52 bits per heavy atom. The molecule has 120 valence electrons. The lowest BCUT2D eigenvalue weighted by atomic mass is 9.69. The molecule has 3 aliphatic rings. The average molecular weight is 311 g/mol. The van der Waals surface area contributed by atoms with Gasteiger partial charge < -0.3 is 14.6 Å². The Morgan fingerprint density at radius 3 is 3.17 bits per heavy atom. The van der Waals surface area contributed by atoms with Crippen LogP contribution in [0, 0.1) is 12.3 Å². The van der Waals surface area contributed by atoms with Gasteiger partial charge >= 0.3 is 0 Å². The molecule has 3 atom stereocenters. The number of nitrogens with zero attached hydrogens (tertiary/aromatic N) is 1. The number of ether oxygens (including phenoxy) is 2. The zero-order valence-electron chi connectivity index (χ0n) is 13.3. The highest BCUT2D eigenvalue weighted by molar-refractivity contribution is 5.61. The van der Waals surface area contributed by atoms with Crippen LogP contribution in [0.1, 0.15) is 24.0 Å². The van der Waals surface area contributed by atoms with E-state index in [-0.39, 0.29) is 11.5 Å². The third kappa shape index (κ3) is 2.08. The number of terminal acetylenes is 1. The van der Waals surface area contributed by atoms with Crippen molar-refractivity contribution in [3.05, 3.63) is 35.4 Å². The molecule has 1 aromatic rings. The molecular weight excluding hydrogens is 290 g/mol. The molecule has 1 aliphatic carbocycles. The zero-order chi connectivity index (χ0) is 16.0. The zero-order valence-corrected chi connectivity index (χ0v) is 13.3. The Labute approximate surface area is 136 Å². The number of hydrogen-bond acceptors (Lipinski definition) is 4. The first-order valence-electron chi connectivity index (χ1n) is 8.08. The maximum absolute atomic E-state index is 10.0. The molecule has 23 heavy (non-hydrogen) atoms. The molecule has 1 aromatic carbocycles. The molecule has 1 N–H and O–H groups in total. The van der Waals surface area contributed by atoms with Crippen LogP contribution in [0.3, 0.4) is 0 Å². The Morgan fingerprint density at radius 2 is 2.39 bits per heavy atom. The van der Waals surface area contributed by atoms with E-state index in [0.717, 1.165) is 31.0 Å². The highest BCUT2D eigenvalue weighted by Gasteiger charge is 2.52. The van der Waals surface area contributed by atoms with Crippen molar-refractivity contribution in [2.75, 3.05) is 20.2 Å². The van der Waals surface area contributed by atoms with Crippen molar-refractivity contribution >= 4 is 0 Å². The van der Waals surface area contributed by atoms with E-state index in [9.17, 15) is 5.11 Å². The van der Waals surface area contributed by atoms with E-state index < -0.39 is 6.10 Å². The predicted molar refractivity (Wildman–Crippen MR) is 87.6 cm³/mol. The fourth-order valence-corrected chi connectivity index (χ4v) is 4.26. The Hall–Kier alpha value is -1.96. The molecule has 0 aromatic heterocycles. The lowest BCUT2D eigenvalue weighted by Crippen LogP contribution is -2.43. The normalized spacial score (nSPS) is 31.5. The van der Waals surface area contributed by atoms with E-state index in [1.807, 2.05) is 12.1 Å². The number of methoxy groups -OCH3 is 1. The summed E-state index contributed by atoms with van der Waals surface area (Å²) in [7, 11) is 1.67. The summed E-state index contributed by atoms with van der Waals surface area (Å²) in [5.41, 5.74) is 2.29. The molecule has 4 rings (SSSR count). The third-order valence-electron chi connectivity index (χ3n) is 5.35. The number of benzene rings is 1. The maximum Gasteiger partial charge on any atom is 0.166 e. The van der Waals surface area contributed by atoms with Crippen LogP contribution in [-0.4, -0.2) is 42.4 Å². The first-order valence-corrected chi connectivity index (χ1v) is 8.08. The quantitative estimate of drug-likeness (QED) is 0.669. The van der Waals surface area contributed by atoms with Gasteiger partial charge in [0.25, 0.3) is 0 Å². The van der Waals surface area contributed by atoms with Crippen molar-refractivity contribution in [3.8, 4) is 23.8 Å².